The van der Waals surface area contributed by atoms with Crippen molar-refractivity contribution >= 4 is 11.5 Å². The molecule has 0 radical (unpaired) electrons. The number of ether oxygens (including phenoxy) is 1. The lowest BCUT2D eigenvalue weighted by atomic mass is 10.1. The molecular formula is C16H15N3O2. The van der Waals surface area contributed by atoms with E-state index >= 15 is 0 Å². The number of aromatic nitrogens is 1. The molecule has 0 saturated heterocycles. The maximum atomic E-state index is 12.3. The molecule has 5 heteroatoms. The topological polar surface area (TPSA) is 58.3 Å². The fourth-order valence-corrected chi connectivity index (χ4v) is 2.74. The molecule has 2 aromatic rings. The summed E-state index contributed by atoms with van der Waals surface area (Å²) < 4.78 is 7.05. The standard InChI is InChI=1S/C16H15N3O2/c1-11-9-15-18(13-5-3-4-6-14(13)21-2)7-8-19(15)16(20)12(11)10-17/h3-6,9H,7-8H2,1-2H3. The molecule has 106 valence electrons. The zero-order valence-corrected chi connectivity index (χ0v) is 12.0. The molecule has 2 heterocycles. The van der Waals surface area contributed by atoms with Crippen LogP contribution in [0.5, 0.6) is 5.75 Å². The van der Waals surface area contributed by atoms with Crippen molar-refractivity contribution in [1.82, 2.24) is 4.57 Å². The number of para-hydroxylation sites is 2. The number of nitriles is 1. The van der Waals surface area contributed by atoms with Crippen LogP contribution in [0.1, 0.15) is 11.1 Å². The second-order valence-corrected chi connectivity index (χ2v) is 4.95. The third kappa shape index (κ3) is 1.96. The van der Waals surface area contributed by atoms with Gasteiger partial charge in [-0.2, -0.15) is 5.26 Å². The third-order valence-corrected chi connectivity index (χ3v) is 3.79. The number of fused-ring (bicyclic) bond motifs is 1. The highest BCUT2D eigenvalue weighted by Gasteiger charge is 2.25. The number of aryl methyl sites for hydroxylation is 1. The number of hydrogen-bond donors (Lipinski definition) is 0. The molecule has 0 N–H and O–H groups in total. The van der Waals surface area contributed by atoms with Gasteiger partial charge in [0.2, 0.25) is 0 Å². The van der Waals surface area contributed by atoms with E-state index < -0.39 is 0 Å². The van der Waals surface area contributed by atoms with Gasteiger partial charge in [-0.3, -0.25) is 9.36 Å². The summed E-state index contributed by atoms with van der Waals surface area (Å²) >= 11 is 0. The van der Waals surface area contributed by atoms with E-state index in [0.29, 0.717) is 18.7 Å². The first-order chi connectivity index (χ1) is 10.2. The molecule has 1 aromatic carbocycles. The van der Waals surface area contributed by atoms with E-state index in [1.165, 1.54) is 0 Å². The Morgan fingerprint density at radius 2 is 2.05 bits per heavy atom. The third-order valence-electron chi connectivity index (χ3n) is 3.79. The summed E-state index contributed by atoms with van der Waals surface area (Å²) in [5.74, 6) is 1.57. The second-order valence-electron chi connectivity index (χ2n) is 4.95. The first-order valence-electron chi connectivity index (χ1n) is 6.72. The lowest BCUT2D eigenvalue weighted by molar-refractivity contribution is 0.415. The summed E-state index contributed by atoms with van der Waals surface area (Å²) in [6.07, 6.45) is 0. The molecule has 0 fully saturated rings. The van der Waals surface area contributed by atoms with Gasteiger partial charge in [0.05, 0.1) is 12.8 Å². The molecular weight excluding hydrogens is 266 g/mol. The van der Waals surface area contributed by atoms with Crippen molar-refractivity contribution in [2.24, 2.45) is 0 Å². The molecule has 0 amide bonds. The lowest BCUT2D eigenvalue weighted by Gasteiger charge is -2.21. The van der Waals surface area contributed by atoms with Crippen molar-refractivity contribution in [2.45, 2.75) is 13.5 Å². The Balaban J connectivity index is 2.18. The van der Waals surface area contributed by atoms with Gasteiger partial charge in [-0.25, -0.2) is 0 Å². The molecule has 0 bridgehead atoms. The van der Waals surface area contributed by atoms with Gasteiger partial charge in [0, 0.05) is 13.1 Å². The highest BCUT2D eigenvalue weighted by atomic mass is 16.5. The van der Waals surface area contributed by atoms with E-state index in [1.54, 1.807) is 18.6 Å². The van der Waals surface area contributed by atoms with Crippen molar-refractivity contribution in [3.63, 3.8) is 0 Å². The number of rotatable bonds is 2. The molecule has 1 aromatic heterocycles. The van der Waals surface area contributed by atoms with Crippen molar-refractivity contribution in [2.75, 3.05) is 18.6 Å². The summed E-state index contributed by atoms with van der Waals surface area (Å²) in [7, 11) is 1.63. The van der Waals surface area contributed by atoms with Gasteiger partial charge < -0.3 is 9.64 Å². The number of anilines is 2. The van der Waals surface area contributed by atoms with Gasteiger partial charge in [-0.05, 0) is 30.7 Å². The molecule has 0 atom stereocenters. The molecule has 5 nitrogen and oxygen atoms in total. The highest BCUT2D eigenvalue weighted by Crippen LogP contribution is 2.36. The average Bonchev–Trinajstić information content (AvgIpc) is 2.91. The molecule has 1 aliphatic heterocycles. The number of benzene rings is 1. The molecule has 0 saturated carbocycles. The summed E-state index contributed by atoms with van der Waals surface area (Å²) in [5, 5.41) is 9.10. The predicted molar refractivity (Wildman–Crippen MR) is 80.2 cm³/mol. The first kappa shape index (κ1) is 13.3. The molecule has 3 rings (SSSR count). The zero-order valence-electron chi connectivity index (χ0n) is 12.0. The van der Waals surface area contributed by atoms with Crippen molar-refractivity contribution in [3.8, 4) is 11.8 Å². The fraction of sp³-hybridized carbons (Fsp3) is 0.250. The van der Waals surface area contributed by atoms with Gasteiger partial charge in [-0.15, -0.1) is 0 Å². The van der Waals surface area contributed by atoms with Crippen LogP contribution in [0.3, 0.4) is 0 Å². The largest absolute Gasteiger partial charge is 0.495 e. The number of methoxy groups -OCH3 is 1. The smallest absolute Gasteiger partial charge is 0.270 e. The van der Waals surface area contributed by atoms with Crippen LogP contribution >= 0.6 is 0 Å². The Kier molecular flexibility index (Phi) is 3.15. The molecule has 21 heavy (non-hydrogen) atoms. The number of pyridine rings is 1. The van der Waals surface area contributed by atoms with Crippen LogP contribution in [0.2, 0.25) is 0 Å². The summed E-state index contributed by atoms with van der Waals surface area (Å²) in [5.41, 5.74) is 1.64. The maximum absolute atomic E-state index is 12.3. The van der Waals surface area contributed by atoms with Crippen LogP contribution in [-0.2, 0) is 6.54 Å². The minimum absolute atomic E-state index is 0.218. The highest BCUT2D eigenvalue weighted by molar-refractivity contribution is 5.69. The van der Waals surface area contributed by atoms with Crippen LogP contribution < -0.4 is 15.2 Å². The van der Waals surface area contributed by atoms with Crippen LogP contribution in [-0.4, -0.2) is 18.2 Å². The maximum Gasteiger partial charge on any atom is 0.270 e. The zero-order chi connectivity index (χ0) is 15.0. The van der Waals surface area contributed by atoms with Gasteiger partial charge in [0.1, 0.15) is 23.2 Å². The Labute approximate surface area is 122 Å². The van der Waals surface area contributed by atoms with Crippen molar-refractivity contribution < 1.29 is 4.74 Å². The van der Waals surface area contributed by atoms with E-state index in [-0.39, 0.29) is 11.1 Å². The minimum Gasteiger partial charge on any atom is -0.495 e. The van der Waals surface area contributed by atoms with Crippen molar-refractivity contribution in [1.29, 1.82) is 5.26 Å². The van der Waals surface area contributed by atoms with E-state index in [0.717, 1.165) is 17.3 Å². The van der Waals surface area contributed by atoms with Crippen LogP contribution in [0.15, 0.2) is 35.1 Å². The average molecular weight is 281 g/mol. The second kappa shape index (κ2) is 4.98. The fourth-order valence-electron chi connectivity index (χ4n) is 2.74. The van der Waals surface area contributed by atoms with Gasteiger partial charge in [-0.1, -0.05) is 12.1 Å². The van der Waals surface area contributed by atoms with Crippen LogP contribution in [0, 0.1) is 18.3 Å². The van der Waals surface area contributed by atoms with Gasteiger partial charge >= 0.3 is 0 Å². The van der Waals surface area contributed by atoms with E-state index in [4.69, 9.17) is 10.00 Å². The monoisotopic (exact) mass is 281 g/mol. The molecule has 0 aliphatic carbocycles. The SMILES string of the molecule is COc1ccccc1N1CCn2c1cc(C)c(C#N)c2=O. The number of nitrogens with zero attached hydrogens (tertiary/aromatic N) is 3. The summed E-state index contributed by atoms with van der Waals surface area (Å²) in [4.78, 5) is 14.4. The van der Waals surface area contributed by atoms with E-state index in [1.807, 2.05) is 41.3 Å². The summed E-state index contributed by atoms with van der Waals surface area (Å²) in [6.45, 7) is 3.05. The van der Waals surface area contributed by atoms with Gasteiger partial charge in [0.25, 0.3) is 5.56 Å². The van der Waals surface area contributed by atoms with Crippen LogP contribution in [0.4, 0.5) is 11.5 Å². The number of hydrogen-bond acceptors (Lipinski definition) is 4. The van der Waals surface area contributed by atoms with E-state index in [9.17, 15) is 4.79 Å². The molecule has 1 aliphatic rings. The molecule has 0 unspecified atom stereocenters. The Morgan fingerprint density at radius 3 is 2.76 bits per heavy atom. The van der Waals surface area contributed by atoms with E-state index in [2.05, 4.69) is 0 Å². The normalized spacial score (nSPS) is 12.9. The Hall–Kier alpha value is -2.74. The molecule has 0 spiro atoms. The van der Waals surface area contributed by atoms with Gasteiger partial charge in [0.15, 0.2) is 0 Å². The Bertz CT molecular complexity index is 802. The lowest BCUT2D eigenvalue weighted by Crippen LogP contribution is -2.22. The minimum atomic E-state index is -0.218. The van der Waals surface area contributed by atoms with Crippen molar-refractivity contribution in [3.05, 3.63) is 51.8 Å². The Morgan fingerprint density at radius 1 is 1.29 bits per heavy atom. The summed E-state index contributed by atoms with van der Waals surface area (Å²) in [6, 6.07) is 11.6. The van der Waals surface area contributed by atoms with Crippen LogP contribution in [0.25, 0.3) is 0 Å². The predicted octanol–water partition coefficient (Wildman–Crippen LogP) is 2.19. The first-order valence-corrected chi connectivity index (χ1v) is 6.72. The quantitative estimate of drug-likeness (QED) is 0.846.